The number of carboxylic acids is 1. The number of nitrogens with one attached hydrogen (secondary N) is 1. The van der Waals surface area contributed by atoms with Crippen LogP contribution in [0.4, 0.5) is 4.79 Å². The zero-order valence-electron chi connectivity index (χ0n) is 9.77. The average molecular weight is 229 g/mol. The molecule has 1 fully saturated rings. The molecule has 1 atom stereocenters. The number of hydrogen-bond acceptors (Lipinski definition) is 3. The summed E-state index contributed by atoms with van der Waals surface area (Å²) in [6, 6.07) is -1.12. The zero-order valence-corrected chi connectivity index (χ0v) is 9.77. The summed E-state index contributed by atoms with van der Waals surface area (Å²) in [4.78, 5) is 26.1. The lowest BCUT2D eigenvalue weighted by molar-refractivity contribution is -0.138. The molecule has 1 saturated heterocycles. The highest BCUT2D eigenvalue weighted by molar-refractivity contribution is 5.82. The first-order chi connectivity index (χ1) is 7.54. The minimum Gasteiger partial charge on any atom is -0.480 e. The minimum atomic E-state index is -1.01. The van der Waals surface area contributed by atoms with Crippen molar-refractivity contribution >= 4 is 12.0 Å². The number of rotatable bonds is 3. The molecule has 6 heteroatoms. The van der Waals surface area contributed by atoms with Crippen molar-refractivity contribution < 1.29 is 14.7 Å². The van der Waals surface area contributed by atoms with Crippen molar-refractivity contribution in [3.05, 3.63) is 0 Å². The van der Waals surface area contributed by atoms with Gasteiger partial charge in [-0.3, -0.25) is 4.79 Å². The van der Waals surface area contributed by atoms with E-state index in [0.717, 1.165) is 19.6 Å². The van der Waals surface area contributed by atoms with Crippen molar-refractivity contribution in [1.82, 2.24) is 15.1 Å². The predicted octanol–water partition coefficient (Wildman–Crippen LogP) is -0.193. The van der Waals surface area contributed by atoms with Gasteiger partial charge in [-0.1, -0.05) is 6.92 Å². The molecule has 0 bridgehead atoms. The lowest BCUT2D eigenvalue weighted by Crippen LogP contribution is -2.54. The minimum absolute atomic E-state index is 0.286. The molecule has 0 radical (unpaired) electrons. The Morgan fingerprint density at radius 3 is 2.31 bits per heavy atom. The van der Waals surface area contributed by atoms with Gasteiger partial charge in [-0.25, -0.2) is 4.79 Å². The Kier molecular flexibility index (Phi) is 4.54. The molecule has 2 amide bonds. The molecule has 92 valence electrons. The number of aliphatic carboxylic acids is 1. The smallest absolute Gasteiger partial charge is 0.325 e. The SMILES string of the molecule is CCN1CCN(C(=O)NC(C)C(=O)O)CC1. The number of hydrogen-bond donors (Lipinski definition) is 2. The first-order valence-electron chi connectivity index (χ1n) is 5.55. The molecular formula is C10H19N3O3. The van der Waals surface area contributed by atoms with E-state index in [9.17, 15) is 9.59 Å². The summed E-state index contributed by atoms with van der Waals surface area (Å²) in [6.45, 7) is 7.56. The van der Waals surface area contributed by atoms with Gasteiger partial charge in [0.15, 0.2) is 0 Å². The largest absolute Gasteiger partial charge is 0.480 e. The van der Waals surface area contributed by atoms with E-state index in [1.165, 1.54) is 6.92 Å². The van der Waals surface area contributed by atoms with Crippen LogP contribution in [0.3, 0.4) is 0 Å². The Hall–Kier alpha value is -1.30. The molecule has 0 aromatic rings. The van der Waals surface area contributed by atoms with Crippen molar-refractivity contribution in [3.63, 3.8) is 0 Å². The summed E-state index contributed by atoms with van der Waals surface area (Å²) < 4.78 is 0. The maximum atomic E-state index is 11.6. The van der Waals surface area contributed by atoms with E-state index in [1.54, 1.807) is 4.90 Å². The number of nitrogens with zero attached hydrogens (tertiary/aromatic N) is 2. The number of urea groups is 1. The Balaban J connectivity index is 2.36. The predicted molar refractivity (Wildman–Crippen MR) is 59.3 cm³/mol. The van der Waals surface area contributed by atoms with Gasteiger partial charge < -0.3 is 20.2 Å². The van der Waals surface area contributed by atoms with E-state index in [-0.39, 0.29) is 6.03 Å². The normalized spacial score (nSPS) is 19.2. The van der Waals surface area contributed by atoms with Gasteiger partial charge in [0.1, 0.15) is 6.04 Å². The Bertz CT molecular complexity index is 262. The quantitative estimate of drug-likeness (QED) is 0.703. The molecular weight excluding hydrogens is 210 g/mol. The molecule has 2 N–H and O–H groups in total. The fourth-order valence-corrected chi connectivity index (χ4v) is 1.61. The van der Waals surface area contributed by atoms with E-state index < -0.39 is 12.0 Å². The highest BCUT2D eigenvalue weighted by Gasteiger charge is 2.22. The number of amides is 2. The Morgan fingerprint density at radius 2 is 1.88 bits per heavy atom. The molecule has 0 aromatic carbocycles. The van der Waals surface area contributed by atoms with Crippen LogP contribution < -0.4 is 5.32 Å². The second kappa shape index (κ2) is 5.69. The fraction of sp³-hybridized carbons (Fsp3) is 0.800. The van der Waals surface area contributed by atoms with E-state index in [1.807, 2.05) is 0 Å². The van der Waals surface area contributed by atoms with E-state index in [4.69, 9.17) is 5.11 Å². The van der Waals surface area contributed by atoms with Crippen LogP contribution in [0.5, 0.6) is 0 Å². The zero-order chi connectivity index (χ0) is 12.1. The molecule has 1 heterocycles. The molecule has 1 aliphatic rings. The van der Waals surface area contributed by atoms with Crippen LogP contribution >= 0.6 is 0 Å². The third-order valence-electron chi connectivity index (χ3n) is 2.82. The van der Waals surface area contributed by atoms with Crippen LogP contribution in [0.15, 0.2) is 0 Å². The lowest BCUT2D eigenvalue weighted by Gasteiger charge is -2.34. The summed E-state index contributed by atoms with van der Waals surface area (Å²) in [5, 5.41) is 11.1. The van der Waals surface area contributed by atoms with E-state index in [2.05, 4.69) is 17.1 Å². The third-order valence-corrected chi connectivity index (χ3v) is 2.82. The summed E-state index contributed by atoms with van der Waals surface area (Å²) in [6.07, 6.45) is 0. The highest BCUT2D eigenvalue weighted by Crippen LogP contribution is 2.01. The highest BCUT2D eigenvalue weighted by atomic mass is 16.4. The van der Waals surface area contributed by atoms with Crippen molar-refractivity contribution in [2.75, 3.05) is 32.7 Å². The summed E-state index contributed by atoms with van der Waals surface area (Å²) in [5.41, 5.74) is 0. The van der Waals surface area contributed by atoms with Gasteiger partial charge in [0.2, 0.25) is 0 Å². The number of carbonyl (C=O) groups is 2. The first kappa shape index (κ1) is 12.8. The van der Waals surface area contributed by atoms with Crippen LogP contribution in [0, 0.1) is 0 Å². The number of likely N-dealkylation sites (N-methyl/N-ethyl adjacent to an activating group) is 1. The van der Waals surface area contributed by atoms with Crippen LogP contribution in [-0.4, -0.2) is 65.7 Å². The molecule has 1 aliphatic heterocycles. The first-order valence-corrected chi connectivity index (χ1v) is 5.55. The third kappa shape index (κ3) is 3.37. The van der Waals surface area contributed by atoms with Crippen molar-refractivity contribution in [2.24, 2.45) is 0 Å². The van der Waals surface area contributed by atoms with Crippen LogP contribution in [0.2, 0.25) is 0 Å². The number of carbonyl (C=O) groups excluding carboxylic acids is 1. The number of carboxylic acid groups (broad SMARTS) is 1. The van der Waals surface area contributed by atoms with Crippen molar-refractivity contribution in [2.45, 2.75) is 19.9 Å². The molecule has 1 unspecified atom stereocenters. The van der Waals surface area contributed by atoms with Gasteiger partial charge in [-0.15, -0.1) is 0 Å². The topological polar surface area (TPSA) is 72.9 Å². The molecule has 6 nitrogen and oxygen atoms in total. The fourth-order valence-electron chi connectivity index (χ4n) is 1.61. The Morgan fingerprint density at radius 1 is 1.31 bits per heavy atom. The van der Waals surface area contributed by atoms with Gasteiger partial charge in [0, 0.05) is 26.2 Å². The van der Waals surface area contributed by atoms with E-state index >= 15 is 0 Å². The van der Waals surface area contributed by atoms with Gasteiger partial charge in [0.05, 0.1) is 0 Å². The average Bonchev–Trinajstić information content (AvgIpc) is 2.28. The molecule has 16 heavy (non-hydrogen) atoms. The van der Waals surface area contributed by atoms with Crippen molar-refractivity contribution in [1.29, 1.82) is 0 Å². The molecule has 0 saturated carbocycles. The second-order valence-electron chi connectivity index (χ2n) is 3.93. The maximum Gasteiger partial charge on any atom is 0.325 e. The Labute approximate surface area is 95.2 Å². The van der Waals surface area contributed by atoms with Gasteiger partial charge >= 0.3 is 12.0 Å². The maximum absolute atomic E-state index is 11.6. The molecule has 1 rings (SSSR count). The standard InChI is InChI=1S/C10H19N3O3/c1-3-12-4-6-13(7-5-12)10(16)11-8(2)9(14)15/h8H,3-7H2,1-2H3,(H,11,16)(H,14,15). The van der Waals surface area contributed by atoms with Gasteiger partial charge in [-0.2, -0.15) is 0 Å². The van der Waals surface area contributed by atoms with Crippen molar-refractivity contribution in [3.8, 4) is 0 Å². The van der Waals surface area contributed by atoms with Crippen LogP contribution in [0.1, 0.15) is 13.8 Å². The molecule has 0 aliphatic carbocycles. The van der Waals surface area contributed by atoms with E-state index in [0.29, 0.717) is 13.1 Å². The lowest BCUT2D eigenvalue weighted by atomic mass is 10.3. The monoisotopic (exact) mass is 229 g/mol. The summed E-state index contributed by atoms with van der Waals surface area (Å²) in [7, 11) is 0. The van der Waals surface area contributed by atoms with Gasteiger partial charge in [-0.05, 0) is 13.5 Å². The van der Waals surface area contributed by atoms with Crippen LogP contribution in [0.25, 0.3) is 0 Å². The van der Waals surface area contributed by atoms with Gasteiger partial charge in [0.25, 0.3) is 0 Å². The molecule has 0 spiro atoms. The van der Waals surface area contributed by atoms with Crippen LogP contribution in [-0.2, 0) is 4.79 Å². The second-order valence-corrected chi connectivity index (χ2v) is 3.93. The number of piperazine rings is 1. The summed E-state index contributed by atoms with van der Waals surface area (Å²) in [5.74, 6) is -1.01. The molecule has 0 aromatic heterocycles. The summed E-state index contributed by atoms with van der Waals surface area (Å²) >= 11 is 0.